The van der Waals surface area contributed by atoms with Gasteiger partial charge in [0.1, 0.15) is 5.75 Å². The Bertz CT molecular complexity index is 349. The highest BCUT2D eigenvalue weighted by Crippen LogP contribution is 2.21. The second-order valence-corrected chi connectivity index (χ2v) is 5.40. The quantitative estimate of drug-likeness (QED) is 0.726. The smallest absolute Gasteiger partial charge is 0.122 e. The highest BCUT2D eigenvalue weighted by molar-refractivity contribution is 5.33. The lowest BCUT2D eigenvalue weighted by molar-refractivity contribution is 0.312. The van der Waals surface area contributed by atoms with Gasteiger partial charge in [-0.3, -0.25) is 0 Å². The lowest BCUT2D eigenvalue weighted by Gasteiger charge is -2.22. The second kappa shape index (κ2) is 8.98. The van der Waals surface area contributed by atoms with Crippen LogP contribution in [-0.4, -0.2) is 19.2 Å². The molecule has 0 aromatic heterocycles. The van der Waals surface area contributed by atoms with Gasteiger partial charge in [0.25, 0.3) is 0 Å². The summed E-state index contributed by atoms with van der Waals surface area (Å²) in [6, 6.07) is 9.02. The van der Waals surface area contributed by atoms with Crippen LogP contribution in [0.25, 0.3) is 0 Å². The zero-order valence-corrected chi connectivity index (χ0v) is 12.9. The number of para-hydroxylation sites is 1. The van der Waals surface area contributed by atoms with Gasteiger partial charge in [-0.1, -0.05) is 45.9 Å². The molecular weight excluding hydrogens is 234 g/mol. The third-order valence-corrected chi connectivity index (χ3v) is 3.43. The molecule has 0 spiro atoms. The van der Waals surface area contributed by atoms with E-state index in [4.69, 9.17) is 4.74 Å². The van der Waals surface area contributed by atoms with E-state index in [0.29, 0.717) is 12.0 Å². The van der Waals surface area contributed by atoms with E-state index >= 15 is 0 Å². The fourth-order valence-corrected chi connectivity index (χ4v) is 2.31. The maximum absolute atomic E-state index is 5.82. The van der Waals surface area contributed by atoms with Crippen molar-refractivity contribution < 1.29 is 4.74 Å². The summed E-state index contributed by atoms with van der Waals surface area (Å²) in [5, 5.41) is 3.57. The summed E-state index contributed by atoms with van der Waals surface area (Å²) in [5.41, 5.74) is 1.33. The van der Waals surface area contributed by atoms with E-state index in [0.717, 1.165) is 38.2 Å². The van der Waals surface area contributed by atoms with Gasteiger partial charge in [0.2, 0.25) is 0 Å². The summed E-state index contributed by atoms with van der Waals surface area (Å²) in [5.74, 6) is 1.73. The summed E-state index contributed by atoms with van der Waals surface area (Å²) >= 11 is 0. The molecule has 0 saturated heterocycles. The summed E-state index contributed by atoms with van der Waals surface area (Å²) < 4.78 is 5.82. The summed E-state index contributed by atoms with van der Waals surface area (Å²) in [4.78, 5) is 0. The Balaban J connectivity index is 2.60. The van der Waals surface area contributed by atoms with Crippen molar-refractivity contribution in [2.24, 2.45) is 5.92 Å². The minimum Gasteiger partial charge on any atom is -0.493 e. The molecule has 0 aliphatic rings. The van der Waals surface area contributed by atoms with Crippen LogP contribution < -0.4 is 10.1 Å². The SMILES string of the molecule is CCCOc1ccccc1CCC(NCC)C(C)C. The molecular formula is C17H29NO. The second-order valence-electron chi connectivity index (χ2n) is 5.40. The number of aryl methyl sites for hydroxylation is 1. The van der Waals surface area contributed by atoms with Crippen molar-refractivity contribution in [1.82, 2.24) is 5.32 Å². The summed E-state index contributed by atoms with van der Waals surface area (Å²) in [6.45, 7) is 10.7. The normalized spacial score (nSPS) is 12.7. The average molecular weight is 263 g/mol. The number of nitrogens with one attached hydrogen (secondary N) is 1. The van der Waals surface area contributed by atoms with E-state index in [1.54, 1.807) is 0 Å². The molecule has 1 aromatic rings. The van der Waals surface area contributed by atoms with Gasteiger partial charge in [0.15, 0.2) is 0 Å². The van der Waals surface area contributed by atoms with E-state index in [2.05, 4.69) is 57.3 Å². The number of rotatable bonds is 9. The topological polar surface area (TPSA) is 21.3 Å². The maximum atomic E-state index is 5.82. The molecule has 0 heterocycles. The monoisotopic (exact) mass is 263 g/mol. The van der Waals surface area contributed by atoms with Crippen molar-refractivity contribution >= 4 is 0 Å². The van der Waals surface area contributed by atoms with E-state index in [1.807, 2.05) is 0 Å². The van der Waals surface area contributed by atoms with Crippen LogP contribution in [0, 0.1) is 5.92 Å². The van der Waals surface area contributed by atoms with Crippen LogP contribution in [0.3, 0.4) is 0 Å². The number of benzene rings is 1. The Morgan fingerprint density at radius 3 is 2.53 bits per heavy atom. The highest BCUT2D eigenvalue weighted by Gasteiger charge is 2.13. The zero-order chi connectivity index (χ0) is 14.1. The molecule has 19 heavy (non-hydrogen) atoms. The first-order chi connectivity index (χ1) is 9.19. The molecule has 2 nitrogen and oxygen atoms in total. The lowest BCUT2D eigenvalue weighted by Crippen LogP contribution is -2.34. The molecule has 0 fully saturated rings. The van der Waals surface area contributed by atoms with Gasteiger partial charge in [0, 0.05) is 6.04 Å². The molecule has 0 aliphatic carbocycles. The summed E-state index contributed by atoms with van der Waals surface area (Å²) in [7, 11) is 0. The molecule has 0 amide bonds. The molecule has 2 heteroatoms. The molecule has 1 aromatic carbocycles. The standard InChI is InChI=1S/C17H29NO/c1-5-13-19-17-10-8-7-9-15(17)11-12-16(14(3)4)18-6-2/h7-10,14,16,18H,5-6,11-13H2,1-4H3. The van der Waals surface area contributed by atoms with E-state index in [-0.39, 0.29) is 0 Å². The van der Waals surface area contributed by atoms with Gasteiger partial charge >= 0.3 is 0 Å². The fraction of sp³-hybridized carbons (Fsp3) is 0.647. The van der Waals surface area contributed by atoms with E-state index < -0.39 is 0 Å². The van der Waals surface area contributed by atoms with E-state index in [9.17, 15) is 0 Å². The highest BCUT2D eigenvalue weighted by atomic mass is 16.5. The van der Waals surface area contributed by atoms with Crippen molar-refractivity contribution in [3.8, 4) is 5.75 Å². The van der Waals surface area contributed by atoms with Crippen LogP contribution in [0.4, 0.5) is 0 Å². The molecule has 0 saturated carbocycles. The van der Waals surface area contributed by atoms with Gasteiger partial charge in [-0.05, 0) is 43.4 Å². The average Bonchev–Trinajstić information content (AvgIpc) is 2.41. The summed E-state index contributed by atoms with van der Waals surface area (Å²) in [6.07, 6.45) is 3.30. The first-order valence-corrected chi connectivity index (χ1v) is 7.63. The van der Waals surface area contributed by atoms with Crippen molar-refractivity contribution in [2.45, 2.75) is 53.0 Å². The lowest BCUT2D eigenvalue weighted by atomic mass is 9.96. The number of ether oxygens (including phenoxy) is 1. The molecule has 1 unspecified atom stereocenters. The van der Waals surface area contributed by atoms with Gasteiger partial charge in [-0.25, -0.2) is 0 Å². The van der Waals surface area contributed by atoms with Crippen LogP contribution in [0.2, 0.25) is 0 Å². The molecule has 1 rings (SSSR count). The fourth-order valence-electron chi connectivity index (χ4n) is 2.31. The predicted molar refractivity (Wildman–Crippen MR) is 82.9 cm³/mol. The zero-order valence-electron chi connectivity index (χ0n) is 12.9. The van der Waals surface area contributed by atoms with Crippen LogP contribution in [-0.2, 0) is 6.42 Å². The Kier molecular flexibility index (Phi) is 7.57. The molecule has 1 N–H and O–H groups in total. The van der Waals surface area contributed by atoms with Crippen LogP contribution in [0.1, 0.15) is 46.1 Å². The minimum absolute atomic E-state index is 0.587. The Labute approximate surface area is 118 Å². The van der Waals surface area contributed by atoms with Gasteiger partial charge in [0.05, 0.1) is 6.61 Å². The van der Waals surface area contributed by atoms with Crippen molar-refractivity contribution in [3.05, 3.63) is 29.8 Å². The Hall–Kier alpha value is -1.02. The maximum Gasteiger partial charge on any atom is 0.122 e. The first-order valence-electron chi connectivity index (χ1n) is 7.63. The molecule has 0 bridgehead atoms. The molecule has 0 aliphatic heterocycles. The van der Waals surface area contributed by atoms with Crippen molar-refractivity contribution in [3.63, 3.8) is 0 Å². The number of hydrogen-bond acceptors (Lipinski definition) is 2. The predicted octanol–water partition coefficient (Wildman–Crippen LogP) is 4.04. The van der Waals surface area contributed by atoms with Gasteiger partial charge < -0.3 is 10.1 Å². The van der Waals surface area contributed by atoms with Crippen LogP contribution in [0.15, 0.2) is 24.3 Å². The third-order valence-electron chi connectivity index (χ3n) is 3.43. The first kappa shape index (κ1) is 16.0. The number of hydrogen-bond donors (Lipinski definition) is 1. The van der Waals surface area contributed by atoms with Crippen molar-refractivity contribution in [1.29, 1.82) is 0 Å². The van der Waals surface area contributed by atoms with E-state index in [1.165, 1.54) is 5.56 Å². The van der Waals surface area contributed by atoms with Crippen LogP contribution in [0.5, 0.6) is 5.75 Å². The molecule has 1 atom stereocenters. The third kappa shape index (κ3) is 5.65. The largest absolute Gasteiger partial charge is 0.493 e. The van der Waals surface area contributed by atoms with Crippen molar-refractivity contribution in [2.75, 3.05) is 13.2 Å². The Morgan fingerprint density at radius 1 is 1.16 bits per heavy atom. The van der Waals surface area contributed by atoms with Crippen LogP contribution >= 0.6 is 0 Å². The van der Waals surface area contributed by atoms with Gasteiger partial charge in [-0.15, -0.1) is 0 Å². The van der Waals surface area contributed by atoms with Gasteiger partial charge in [-0.2, -0.15) is 0 Å². The Morgan fingerprint density at radius 2 is 1.89 bits per heavy atom. The molecule has 108 valence electrons. The molecule has 0 radical (unpaired) electrons. The minimum atomic E-state index is 0.587.